The fraction of sp³-hybridized carbons (Fsp3) is 0.333. The van der Waals surface area contributed by atoms with Crippen LogP contribution in [0.1, 0.15) is 16.1 Å². The number of pyridine rings is 1. The van der Waals surface area contributed by atoms with Crippen LogP contribution >= 0.6 is 0 Å². The Morgan fingerprint density at radius 3 is 2.79 bits per heavy atom. The summed E-state index contributed by atoms with van der Waals surface area (Å²) in [6.07, 6.45) is 1.50. The molecule has 7 nitrogen and oxygen atoms in total. The van der Waals surface area contributed by atoms with E-state index in [0.717, 1.165) is 4.90 Å². The summed E-state index contributed by atoms with van der Waals surface area (Å²) in [6, 6.07) is 2.74. The van der Waals surface area contributed by atoms with Gasteiger partial charge >= 0.3 is 12.0 Å². The fourth-order valence-electron chi connectivity index (χ4n) is 1.83. The van der Waals surface area contributed by atoms with Crippen molar-refractivity contribution in [3.05, 3.63) is 29.6 Å². The molecule has 0 N–H and O–H groups in total. The molecule has 0 aliphatic carbocycles. The highest BCUT2D eigenvalue weighted by Gasteiger charge is 2.34. The third kappa shape index (κ3) is 2.40. The Balaban J connectivity index is 2.27. The average molecular weight is 263 g/mol. The van der Waals surface area contributed by atoms with Crippen molar-refractivity contribution in [2.75, 3.05) is 20.7 Å². The smallest absolute Gasteiger partial charge is 0.339 e. The first-order valence-electron chi connectivity index (χ1n) is 5.62. The molecule has 0 unspecified atom stereocenters. The van der Waals surface area contributed by atoms with Crippen LogP contribution in [0.2, 0.25) is 0 Å². The van der Waals surface area contributed by atoms with Crippen LogP contribution in [0.25, 0.3) is 0 Å². The molecular weight excluding hydrogens is 250 g/mol. The van der Waals surface area contributed by atoms with Crippen LogP contribution in [0, 0.1) is 0 Å². The van der Waals surface area contributed by atoms with Crippen molar-refractivity contribution in [3.8, 4) is 0 Å². The zero-order valence-electron chi connectivity index (χ0n) is 10.6. The molecule has 1 aliphatic rings. The largest absolute Gasteiger partial charge is 0.465 e. The van der Waals surface area contributed by atoms with E-state index in [9.17, 15) is 14.4 Å². The van der Waals surface area contributed by atoms with Gasteiger partial charge in [-0.1, -0.05) is 0 Å². The van der Waals surface area contributed by atoms with Gasteiger partial charge in [-0.2, -0.15) is 0 Å². The van der Waals surface area contributed by atoms with Gasteiger partial charge in [0.25, 0.3) is 5.91 Å². The molecule has 7 heteroatoms. The molecular formula is C12H13N3O4. The number of nitrogens with zero attached hydrogens (tertiary/aromatic N) is 3. The average Bonchev–Trinajstić information content (AvgIpc) is 2.65. The normalized spacial score (nSPS) is 15.1. The number of hydrogen-bond acceptors (Lipinski definition) is 5. The summed E-state index contributed by atoms with van der Waals surface area (Å²) < 4.78 is 4.64. The second-order valence-electron chi connectivity index (χ2n) is 4.11. The Kier molecular flexibility index (Phi) is 3.46. The second-order valence-corrected chi connectivity index (χ2v) is 4.11. The van der Waals surface area contributed by atoms with Crippen LogP contribution in [-0.4, -0.2) is 53.4 Å². The lowest BCUT2D eigenvalue weighted by atomic mass is 10.2. The molecule has 1 aromatic heterocycles. The van der Waals surface area contributed by atoms with Crippen LogP contribution in [0.4, 0.5) is 4.79 Å². The van der Waals surface area contributed by atoms with Gasteiger partial charge in [0, 0.05) is 13.2 Å². The molecule has 0 bridgehead atoms. The van der Waals surface area contributed by atoms with Crippen LogP contribution in [0.3, 0.4) is 0 Å². The summed E-state index contributed by atoms with van der Waals surface area (Å²) in [4.78, 5) is 41.4. The van der Waals surface area contributed by atoms with Gasteiger partial charge in [0.05, 0.1) is 24.9 Å². The summed E-state index contributed by atoms with van der Waals surface area (Å²) in [6.45, 7) is 0.00645. The highest BCUT2D eigenvalue weighted by Crippen LogP contribution is 2.15. The van der Waals surface area contributed by atoms with E-state index in [2.05, 4.69) is 9.72 Å². The van der Waals surface area contributed by atoms with Gasteiger partial charge in [-0.3, -0.25) is 14.7 Å². The highest BCUT2D eigenvalue weighted by molar-refractivity contribution is 6.02. The number of esters is 1. The van der Waals surface area contributed by atoms with Crippen LogP contribution in [-0.2, 0) is 16.1 Å². The van der Waals surface area contributed by atoms with Crippen LogP contribution < -0.4 is 0 Å². The number of likely N-dealkylation sites (N-methyl/N-ethyl adjacent to an activating group) is 1. The Hall–Kier alpha value is -2.44. The molecule has 1 saturated heterocycles. The van der Waals surface area contributed by atoms with Gasteiger partial charge in [-0.05, 0) is 12.1 Å². The number of amides is 3. The lowest BCUT2D eigenvalue weighted by Crippen LogP contribution is -2.32. The minimum absolute atomic E-state index is 0.0344. The first-order valence-corrected chi connectivity index (χ1v) is 5.62. The molecule has 2 heterocycles. The minimum Gasteiger partial charge on any atom is -0.465 e. The molecule has 2 rings (SSSR count). The summed E-state index contributed by atoms with van der Waals surface area (Å²) >= 11 is 0. The zero-order chi connectivity index (χ0) is 14.0. The maximum atomic E-state index is 11.8. The van der Waals surface area contributed by atoms with Crippen LogP contribution in [0.15, 0.2) is 18.3 Å². The van der Waals surface area contributed by atoms with Crippen LogP contribution in [0.5, 0.6) is 0 Å². The summed E-state index contributed by atoms with van der Waals surface area (Å²) in [5.41, 5.74) is 0.589. The molecule has 0 saturated carbocycles. The SMILES string of the molecule is COC(=O)c1cccnc1CN1C(=O)CN(C)C1=O. The van der Waals surface area contributed by atoms with Crippen molar-refractivity contribution >= 4 is 17.9 Å². The summed E-state index contributed by atoms with van der Waals surface area (Å²) in [5.74, 6) is -0.857. The van der Waals surface area contributed by atoms with Gasteiger partial charge in [0.1, 0.15) is 6.54 Å². The Morgan fingerprint density at radius 1 is 1.47 bits per heavy atom. The monoisotopic (exact) mass is 263 g/mol. The molecule has 1 fully saturated rings. The van der Waals surface area contributed by atoms with Gasteiger partial charge < -0.3 is 9.64 Å². The van der Waals surface area contributed by atoms with Gasteiger partial charge in [0.15, 0.2) is 0 Å². The lowest BCUT2D eigenvalue weighted by molar-refractivity contribution is -0.125. The number of hydrogen-bond donors (Lipinski definition) is 0. The molecule has 19 heavy (non-hydrogen) atoms. The van der Waals surface area contributed by atoms with E-state index in [4.69, 9.17) is 0 Å². The number of urea groups is 1. The molecule has 0 aromatic carbocycles. The van der Waals surface area contributed by atoms with Crippen molar-refractivity contribution in [3.63, 3.8) is 0 Å². The van der Waals surface area contributed by atoms with E-state index < -0.39 is 12.0 Å². The number of rotatable bonds is 3. The number of imide groups is 1. The lowest BCUT2D eigenvalue weighted by Gasteiger charge is -2.15. The Morgan fingerprint density at radius 2 is 2.21 bits per heavy atom. The van der Waals surface area contributed by atoms with Crippen molar-refractivity contribution in [1.29, 1.82) is 0 Å². The molecule has 3 amide bonds. The van der Waals surface area contributed by atoms with E-state index in [-0.39, 0.29) is 24.6 Å². The first kappa shape index (κ1) is 13.0. The standard InChI is InChI=1S/C12H13N3O4/c1-14-7-10(16)15(12(14)18)6-9-8(11(17)19-2)4-3-5-13-9/h3-5H,6-7H2,1-2H3. The summed E-state index contributed by atoms with van der Waals surface area (Å²) in [7, 11) is 2.80. The molecule has 100 valence electrons. The third-order valence-corrected chi connectivity index (χ3v) is 2.83. The number of ether oxygens (including phenoxy) is 1. The molecule has 1 aromatic rings. The highest BCUT2D eigenvalue weighted by atomic mass is 16.5. The topological polar surface area (TPSA) is 79.8 Å². The van der Waals surface area contributed by atoms with Gasteiger partial charge in [-0.15, -0.1) is 0 Å². The van der Waals surface area contributed by atoms with Crippen molar-refractivity contribution in [1.82, 2.24) is 14.8 Å². The Bertz CT molecular complexity index is 544. The molecule has 0 atom stereocenters. The number of carbonyl (C=O) groups excluding carboxylic acids is 3. The Labute approximate surface area is 109 Å². The third-order valence-electron chi connectivity index (χ3n) is 2.83. The fourth-order valence-corrected chi connectivity index (χ4v) is 1.83. The molecule has 0 spiro atoms. The van der Waals surface area contributed by atoms with Gasteiger partial charge in [0.2, 0.25) is 0 Å². The maximum Gasteiger partial charge on any atom is 0.339 e. The predicted octanol–water partition coefficient (Wildman–Crippen LogP) is 0.262. The predicted molar refractivity (Wildman–Crippen MR) is 64.2 cm³/mol. The van der Waals surface area contributed by atoms with E-state index in [1.54, 1.807) is 19.2 Å². The maximum absolute atomic E-state index is 11.8. The van der Waals surface area contributed by atoms with E-state index in [1.807, 2.05) is 0 Å². The van der Waals surface area contributed by atoms with Crippen molar-refractivity contribution in [2.24, 2.45) is 0 Å². The van der Waals surface area contributed by atoms with Crippen molar-refractivity contribution < 1.29 is 19.1 Å². The number of carbonyl (C=O) groups is 3. The van der Waals surface area contributed by atoms with E-state index in [1.165, 1.54) is 18.2 Å². The second kappa shape index (κ2) is 5.05. The van der Waals surface area contributed by atoms with E-state index >= 15 is 0 Å². The number of aromatic nitrogens is 1. The van der Waals surface area contributed by atoms with Gasteiger partial charge in [-0.25, -0.2) is 9.59 Å². The molecule has 0 radical (unpaired) electrons. The minimum atomic E-state index is -0.546. The molecule has 1 aliphatic heterocycles. The first-order chi connectivity index (χ1) is 9.04. The quantitative estimate of drug-likeness (QED) is 0.577. The number of methoxy groups -OCH3 is 1. The van der Waals surface area contributed by atoms with E-state index in [0.29, 0.717) is 5.69 Å². The zero-order valence-corrected chi connectivity index (χ0v) is 10.6. The van der Waals surface area contributed by atoms with Crippen molar-refractivity contribution in [2.45, 2.75) is 6.54 Å². The summed E-state index contributed by atoms with van der Waals surface area (Å²) in [5, 5.41) is 0.